The van der Waals surface area contributed by atoms with Crippen molar-refractivity contribution in [1.29, 1.82) is 0 Å². The van der Waals surface area contributed by atoms with Crippen molar-refractivity contribution in [3.05, 3.63) is 76.0 Å². The number of benzene rings is 2. The molecule has 0 spiro atoms. The fourth-order valence-corrected chi connectivity index (χ4v) is 4.09. The predicted octanol–water partition coefficient (Wildman–Crippen LogP) is 4.99. The Morgan fingerprint density at radius 1 is 1.19 bits per heavy atom. The van der Waals surface area contributed by atoms with Gasteiger partial charge >= 0.3 is 0 Å². The molecule has 5 rings (SSSR count). The summed E-state index contributed by atoms with van der Waals surface area (Å²) in [5, 5.41) is 7.38. The summed E-state index contributed by atoms with van der Waals surface area (Å²) < 4.78 is 30.5. The molecule has 0 aliphatic carbocycles. The Bertz CT molecular complexity index is 1220. The fourth-order valence-electron chi connectivity index (χ4n) is 3.42. The van der Waals surface area contributed by atoms with Crippen molar-refractivity contribution in [3.8, 4) is 17.4 Å². The van der Waals surface area contributed by atoms with E-state index in [9.17, 15) is 4.39 Å². The number of nitrogens with one attached hydrogen (secondary N) is 1. The van der Waals surface area contributed by atoms with E-state index in [1.165, 1.54) is 12.1 Å². The van der Waals surface area contributed by atoms with E-state index >= 15 is 0 Å². The van der Waals surface area contributed by atoms with Crippen LogP contribution >= 0.6 is 11.3 Å². The van der Waals surface area contributed by atoms with Crippen LogP contribution in [0.1, 0.15) is 29.1 Å². The maximum absolute atomic E-state index is 13.5. The third-order valence-corrected chi connectivity index (χ3v) is 5.99. The smallest absolute Gasteiger partial charge is 0.231 e. The Morgan fingerprint density at radius 3 is 2.87 bits per heavy atom. The first-order valence-corrected chi connectivity index (χ1v) is 10.8. The van der Waals surface area contributed by atoms with Gasteiger partial charge in [0.05, 0.1) is 11.6 Å². The summed E-state index contributed by atoms with van der Waals surface area (Å²) >= 11 is 1.61. The molecule has 1 atom stereocenters. The highest BCUT2D eigenvalue weighted by atomic mass is 32.1. The normalized spacial score (nSPS) is 13.5. The Labute approximate surface area is 182 Å². The first-order valence-electron chi connectivity index (χ1n) is 9.89. The zero-order valence-corrected chi connectivity index (χ0v) is 17.6. The first kappa shape index (κ1) is 19.7. The lowest BCUT2D eigenvalue weighted by Gasteiger charge is -2.15. The van der Waals surface area contributed by atoms with Crippen molar-refractivity contribution < 1.29 is 18.6 Å². The van der Waals surface area contributed by atoms with Gasteiger partial charge in [-0.3, -0.25) is 0 Å². The standard InChI is InChI=1S/C23H20FN3O3S/c1-14(23-25-5-6-31-23)26-11-17-8-16-9-20-21(30-13-29-20)10-19(16)27-22(17)28-12-15-3-2-4-18(24)7-15/h2-10,14,26H,11-13H2,1H3/t14-/m0/s1. The Hall–Kier alpha value is -3.23. The summed E-state index contributed by atoms with van der Waals surface area (Å²) in [5.74, 6) is 1.58. The van der Waals surface area contributed by atoms with Gasteiger partial charge in [0.2, 0.25) is 12.7 Å². The van der Waals surface area contributed by atoms with Gasteiger partial charge in [-0.05, 0) is 36.8 Å². The van der Waals surface area contributed by atoms with Crippen LogP contribution in [0.25, 0.3) is 10.9 Å². The van der Waals surface area contributed by atoms with Gasteiger partial charge in [0, 0.05) is 35.1 Å². The molecule has 2 aromatic carbocycles. The molecule has 31 heavy (non-hydrogen) atoms. The van der Waals surface area contributed by atoms with Crippen molar-refractivity contribution >= 4 is 22.2 Å². The summed E-state index contributed by atoms with van der Waals surface area (Å²) in [6, 6.07) is 12.3. The number of aromatic nitrogens is 2. The second-order valence-corrected chi connectivity index (χ2v) is 8.17. The predicted molar refractivity (Wildman–Crippen MR) is 116 cm³/mol. The molecule has 0 radical (unpaired) electrons. The van der Waals surface area contributed by atoms with E-state index < -0.39 is 0 Å². The number of halogens is 1. The van der Waals surface area contributed by atoms with Crippen LogP contribution in [0.2, 0.25) is 0 Å². The highest BCUT2D eigenvalue weighted by Gasteiger charge is 2.18. The lowest BCUT2D eigenvalue weighted by molar-refractivity contribution is 0.174. The van der Waals surface area contributed by atoms with E-state index in [-0.39, 0.29) is 25.3 Å². The molecule has 4 aromatic rings. The number of rotatable bonds is 7. The van der Waals surface area contributed by atoms with Gasteiger partial charge in [0.25, 0.3) is 0 Å². The second-order valence-electron chi connectivity index (χ2n) is 7.24. The number of ether oxygens (including phenoxy) is 3. The van der Waals surface area contributed by atoms with Crippen molar-refractivity contribution in [2.24, 2.45) is 0 Å². The Balaban J connectivity index is 1.44. The van der Waals surface area contributed by atoms with Crippen LogP contribution < -0.4 is 19.5 Å². The molecule has 0 saturated carbocycles. The quantitative estimate of drug-likeness (QED) is 0.440. The van der Waals surface area contributed by atoms with Gasteiger partial charge in [-0.1, -0.05) is 12.1 Å². The molecule has 158 valence electrons. The van der Waals surface area contributed by atoms with E-state index in [1.54, 1.807) is 23.6 Å². The molecule has 0 fully saturated rings. The van der Waals surface area contributed by atoms with Crippen molar-refractivity contribution in [2.45, 2.75) is 26.1 Å². The lowest BCUT2D eigenvalue weighted by atomic mass is 10.1. The molecular formula is C23H20FN3O3S. The highest BCUT2D eigenvalue weighted by molar-refractivity contribution is 7.09. The zero-order chi connectivity index (χ0) is 21.2. The minimum atomic E-state index is -0.292. The van der Waals surface area contributed by atoms with Gasteiger partial charge < -0.3 is 19.5 Å². The number of fused-ring (bicyclic) bond motifs is 2. The highest BCUT2D eigenvalue weighted by Crippen LogP contribution is 2.37. The van der Waals surface area contributed by atoms with Crippen molar-refractivity contribution in [1.82, 2.24) is 15.3 Å². The molecule has 1 aliphatic heterocycles. The van der Waals surface area contributed by atoms with E-state index in [1.807, 2.05) is 29.6 Å². The molecular weight excluding hydrogens is 417 g/mol. The molecule has 0 unspecified atom stereocenters. The van der Waals surface area contributed by atoms with Gasteiger partial charge in [0.1, 0.15) is 17.4 Å². The maximum atomic E-state index is 13.5. The number of pyridine rings is 1. The van der Waals surface area contributed by atoms with E-state index in [0.717, 1.165) is 27.0 Å². The summed E-state index contributed by atoms with van der Waals surface area (Å²) in [4.78, 5) is 9.09. The lowest BCUT2D eigenvalue weighted by Crippen LogP contribution is -2.18. The summed E-state index contributed by atoms with van der Waals surface area (Å²) in [5.41, 5.74) is 2.38. The third-order valence-electron chi connectivity index (χ3n) is 5.03. The molecule has 0 bridgehead atoms. The van der Waals surface area contributed by atoms with Crippen LogP contribution in [0, 0.1) is 5.82 Å². The van der Waals surface area contributed by atoms with Crippen LogP contribution in [0.5, 0.6) is 17.4 Å². The topological polar surface area (TPSA) is 65.5 Å². The van der Waals surface area contributed by atoms with E-state index in [4.69, 9.17) is 19.2 Å². The minimum absolute atomic E-state index is 0.0866. The van der Waals surface area contributed by atoms with Gasteiger partial charge in [-0.2, -0.15) is 0 Å². The molecule has 1 N–H and O–H groups in total. The monoisotopic (exact) mass is 437 g/mol. The van der Waals surface area contributed by atoms with Gasteiger partial charge in [0.15, 0.2) is 11.5 Å². The zero-order valence-electron chi connectivity index (χ0n) is 16.8. The van der Waals surface area contributed by atoms with E-state index in [2.05, 4.69) is 17.2 Å². The second kappa shape index (κ2) is 8.49. The summed E-state index contributed by atoms with van der Waals surface area (Å²) in [6.45, 7) is 3.03. The summed E-state index contributed by atoms with van der Waals surface area (Å²) in [7, 11) is 0. The van der Waals surface area contributed by atoms with Crippen LogP contribution in [0.3, 0.4) is 0 Å². The van der Waals surface area contributed by atoms with Crippen LogP contribution in [0.4, 0.5) is 4.39 Å². The van der Waals surface area contributed by atoms with Crippen molar-refractivity contribution in [3.63, 3.8) is 0 Å². The fraction of sp³-hybridized carbons (Fsp3) is 0.217. The van der Waals surface area contributed by atoms with Crippen LogP contribution in [0.15, 0.2) is 54.0 Å². The molecule has 6 nitrogen and oxygen atoms in total. The molecule has 2 aromatic heterocycles. The molecule has 0 saturated heterocycles. The molecule has 1 aliphatic rings. The summed E-state index contributed by atoms with van der Waals surface area (Å²) in [6.07, 6.45) is 1.80. The van der Waals surface area contributed by atoms with Crippen LogP contribution in [-0.4, -0.2) is 16.8 Å². The van der Waals surface area contributed by atoms with Crippen LogP contribution in [-0.2, 0) is 13.2 Å². The molecule has 3 heterocycles. The SMILES string of the molecule is C[C@H](NCc1cc2cc3c(cc2nc1OCc1cccc(F)c1)OCO3)c1nccs1. The number of hydrogen-bond donors (Lipinski definition) is 1. The van der Waals surface area contributed by atoms with Gasteiger partial charge in [-0.25, -0.2) is 14.4 Å². The largest absolute Gasteiger partial charge is 0.473 e. The molecule has 0 amide bonds. The van der Waals surface area contributed by atoms with E-state index in [0.29, 0.717) is 23.9 Å². The number of nitrogens with zero attached hydrogens (tertiary/aromatic N) is 2. The minimum Gasteiger partial charge on any atom is -0.473 e. The number of thiazole rings is 1. The molecule has 8 heteroatoms. The Kier molecular flexibility index (Phi) is 5.40. The maximum Gasteiger partial charge on any atom is 0.231 e. The van der Waals surface area contributed by atoms with Gasteiger partial charge in [-0.15, -0.1) is 11.3 Å². The average Bonchev–Trinajstić information content (AvgIpc) is 3.46. The van der Waals surface area contributed by atoms with Crippen molar-refractivity contribution in [2.75, 3.05) is 6.79 Å². The third kappa shape index (κ3) is 4.30. The average molecular weight is 437 g/mol. The Morgan fingerprint density at radius 2 is 2.06 bits per heavy atom. The number of hydrogen-bond acceptors (Lipinski definition) is 7. The first-order chi connectivity index (χ1) is 15.2.